The van der Waals surface area contributed by atoms with E-state index in [0.717, 1.165) is 11.1 Å². The van der Waals surface area contributed by atoms with Crippen molar-refractivity contribution in [3.8, 4) is 16.9 Å². The van der Waals surface area contributed by atoms with Gasteiger partial charge in [0.15, 0.2) is 11.9 Å². The number of carbonyl (C=O) groups excluding carboxylic acids is 1. The number of rotatable bonds is 2. The Bertz CT molecular complexity index is 934. The molecule has 0 atom stereocenters. The van der Waals surface area contributed by atoms with E-state index in [1.54, 1.807) is 13.0 Å². The summed E-state index contributed by atoms with van der Waals surface area (Å²) in [6.07, 6.45) is 0.506. The van der Waals surface area contributed by atoms with Crippen LogP contribution in [0.15, 0.2) is 45.6 Å². The van der Waals surface area contributed by atoms with E-state index < -0.39 is 5.63 Å². The van der Waals surface area contributed by atoms with Gasteiger partial charge in [-0.2, -0.15) is 0 Å². The standard InChI is InChI=1S/C18H14O4/c1-10-3-5-12(6-4-10)13-8-16(20)22-18-14(13)7-11(2)17(21)15(18)9-19/h3-9,21H,1-2H3. The normalized spacial score (nSPS) is 10.8. The topological polar surface area (TPSA) is 67.5 Å². The van der Waals surface area contributed by atoms with Gasteiger partial charge in [-0.05, 0) is 36.6 Å². The van der Waals surface area contributed by atoms with Gasteiger partial charge in [-0.1, -0.05) is 29.8 Å². The smallest absolute Gasteiger partial charge is 0.336 e. The van der Waals surface area contributed by atoms with Crippen LogP contribution in [-0.2, 0) is 0 Å². The van der Waals surface area contributed by atoms with E-state index >= 15 is 0 Å². The summed E-state index contributed by atoms with van der Waals surface area (Å²) in [5.74, 6) is -0.160. The van der Waals surface area contributed by atoms with Crippen LogP contribution in [0.3, 0.4) is 0 Å². The fourth-order valence-corrected chi connectivity index (χ4v) is 2.53. The second kappa shape index (κ2) is 5.15. The van der Waals surface area contributed by atoms with Crippen molar-refractivity contribution >= 4 is 17.3 Å². The molecule has 3 rings (SSSR count). The van der Waals surface area contributed by atoms with Crippen molar-refractivity contribution in [1.29, 1.82) is 0 Å². The molecule has 22 heavy (non-hydrogen) atoms. The van der Waals surface area contributed by atoms with Crippen molar-refractivity contribution in [3.63, 3.8) is 0 Å². The van der Waals surface area contributed by atoms with Gasteiger partial charge < -0.3 is 9.52 Å². The number of benzene rings is 2. The molecule has 0 unspecified atom stereocenters. The maximum Gasteiger partial charge on any atom is 0.336 e. The van der Waals surface area contributed by atoms with Crippen molar-refractivity contribution in [2.75, 3.05) is 0 Å². The molecule has 1 heterocycles. The number of fused-ring (bicyclic) bond motifs is 1. The number of aryl methyl sites for hydroxylation is 2. The fraction of sp³-hybridized carbons (Fsp3) is 0.111. The van der Waals surface area contributed by atoms with Crippen molar-refractivity contribution in [2.24, 2.45) is 0 Å². The molecular weight excluding hydrogens is 280 g/mol. The number of aromatic hydroxyl groups is 1. The lowest BCUT2D eigenvalue weighted by Crippen LogP contribution is -2.01. The van der Waals surface area contributed by atoms with Crippen LogP contribution in [0, 0.1) is 13.8 Å². The maximum atomic E-state index is 11.8. The molecule has 0 aliphatic heterocycles. The van der Waals surface area contributed by atoms with Crippen LogP contribution in [-0.4, -0.2) is 11.4 Å². The van der Waals surface area contributed by atoms with Crippen LogP contribution in [0.4, 0.5) is 0 Å². The molecular formula is C18H14O4. The number of hydrogen-bond acceptors (Lipinski definition) is 4. The van der Waals surface area contributed by atoms with E-state index in [2.05, 4.69) is 0 Å². The Morgan fingerprint density at radius 1 is 1.09 bits per heavy atom. The number of carbonyl (C=O) groups is 1. The minimum atomic E-state index is -0.561. The average molecular weight is 294 g/mol. The third-order valence-electron chi connectivity index (χ3n) is 3.71. The summed E-state index contributed by atoms with van der Waals surface area (Å²) in [4.78, 5) is 23.1. The third kappa shape index (κ3) is 2.19. The Morgan fingerprint density at radius 2 is 1.77 bits per heavy atom. The third-order valence-corrected chi connectivity index (χ3v) is 3.71. The molecule has 0 bridgehead atoms. The second-order valence-electron chi connectivity index (χ2n) is 5.30. The number of phenols is 1. The Kier molecular flexibility index (Phi) is 3.29. The Hall–Kier alpha value is -2.88. The van der Waals surface area contributed by atoms with Crippen LogP contribution in [0.1, 0.15) is 21.5 Å². The van der Waals surface area contributed by atoms with E-state index in [1.165, 1.54) is 6.07 Å². The fourth-order valence-electron chi connectivity index (χ4n) is 2.53. The van der Waals surface area contributed by atoms with Crippen LogP contribution in [0.25, 0.3) is 22.1 Å². The summed E-state index contributed by atoms with van der Waals surface area (Å²) in [7, 11) is 0. The van der Waals surface area contributed by atoms with Crippen LogP contribution < -0.4 is 5.63 Å². The monoisotopic (exact) mass is 294 g/mol. The molecule has 2 aromatic carbocycles. The van der Waals surface area contributed by atoms with Gasteiger partial charge in [0.1, 0.15) is 5.75 Å². The molecule has 1 N–H and O–H groups in total. The van der Waals surface area contributed by atoms with E-state index in [0.29, 0.717) is 22.8 Å². The van der Waals surface area contributed by atoms with Crippen molar-refractivity contribution in [1.82, 2.24) is 0 Å². The molecule has 0 radical (unpaired) electrons. The van der Waals surface area contributed by atoms with Gasteiger partial charge in [0.05, 0.1) is 5.56 Å². The van der Waals surface area contributed by atoms with Crippen LogP contribution >= 0.6 is 0 Å². The summed E-state index contributed by atoms with van der Waals surface area (Å²) in [5, 5.41) is 10.6. The van der Waals surface area contributed by atoms with E-state index in [1.807, 2.05) is 31.2 Å². The number of hydrogen-bond donors (Lipinski definition) is 1. The lowest BCUT2D eigenvalue weighted by molar-refractivity contribution is 0.112. The van der Waals surface area contributed by atoms with Gasteiger partial charge in [0.25, 0.3) is 0 Å². The lowest BCUT2D eigenvalue weighted by atomic mass is 9.97. The molecule has 0 aliphatic carbocycles. The molecule has 0 amide bonds. The Morgan fingerprint density at radius 3 is 2.41 bits per heavy atom. The first-order valence-electron chi connectivity index (χ1n) is 6.84. The zero-order valence-corrected chi connectivity index (χ0v) is 12.2. The van der Waals surface area contributed by atoms with Crippen LogP contribution in [0.5, 0.6) is 5.75 Å². The highest BCUT2D eigenvalue weighted by Crippen LogP contribution is 2.34. The predicted molar refractivity (Wildman–Crippen MR) is 84.4 cm³/mol. The average Bonchev–Trinajstić information content (AvgIpc) is 2.49. The first-order valence-corrected chi connectivity index (χ1v) is 6.84. The van der Waals surface area contributed by atoms with Gasteiger partial charge in [0.2, 0.25) is 0 Å². The van der Waals surface area contributed by atoms with Gasteiger partial charge in [-0.25, -0.2) is 4.79 Å². The molecule has 4 heteroatoms. The largest absolute Gasteiger partial charge is 0.507 e. The van der Waals surface area contributed by atoms with Gasteiger partial charge >= 0.3 is 5.63 Å². The molecule has 0 saturated carbocycles. The molecule has 3 aromatic rings. The predicted octanol–water partition coefficient (Wildman–Crippen LogP) is 3.59. The zero-order chi connectivity index (χ0) is 15.9. The van der Waals surface area contributed by atoms with E-state index in [9.17, 15) is 14.7 Å². The lowest BCUT2D eigenvalue weighted by Gasteiger charge is -2.10. The summed E-state index contributed by atoms with van der Waals surface area (Å²) in [6.45, 7) is 3.68. The molecule has 0 fully saturated rings. The highest BCUT2D eigenvalue weighted by molar-refractivity contribution is 6.03. The maximum absolute atomic E-state index is 11.8. The Labute approximate surface area is 126 Å². The minimum Gasteiger partial charge on any atom is -0.507 e. The molecule has 0 spiro atoms. The molecule has 1 aromatic heterocycles. The summed E-state index contributed by atoms with van der Waals surface area (Å²) < 4.78 is 5.16. The Balaban J connectivity index is 2.45. The van der Waals surface area contributed by atoms with Gasteiger partial charge in [-0.15, -0.1) is 0 Å². The molecule has 110 valence electrons. The van der Waals surface area contributed by atoms with E-state index in [-0.39, 0.29) is 16.9 Å². The van der Waals surface area contributed by atoms with Crippen molar-refractivity contribution in [2.45, 2.75) is 13.8 Å². The minimum absolute atomic E-state index is 0.000983. The quantitative estimate of drug-likeness (QED) is 0.579. The first-order chi connectivity index (χ1) is 10.5. The zero-order valence-electron chi connectivity index (χ0n) is 12.2. The molecule has 4 nitrogen and oxygen atoms in total. The summed E-state index contributed by atoms with van der Waals surface area (Å²) >= 11 is 0. The number of aldehydes is 1. The van der Waals surface area contributed by atoms with Crippen molar-refractivity contribution in [3.05, 3.63) is 63.5 Å². The van der Waals surface area contributed by atoms with Gasteiger partial charge in [-0.3, -0.25) is 4.79 Å². The number of phenolic OH excluding ortho intramolecular Hbond substituents is 1. The molecule has 0 saturated heterocycles. The first kappa shape index (κ1) is 14.1. The summed E-state index contributed by atoms with van der Waals surface area (Å²) in [6, 6.07) is 10.8. The van der Waals surface area contributed by atoms with E-state index in [4.69, 9.17) is 4.42 Å². The van der Waals surface area contributed by atoms with Crippen molar-refractivity contribution < 1.29 is 14.3 Å². The highest BCUT2D eigenvalue weighted by Gasteiger charge is 2.16. The SMILES string of the molecule is Cc1ccc(-c2cc(=O)oc3c(C=O)c(O)c(C)cc23)cc1. The highest BCUT2D eigenvalue weighted by atomic mass is 16.4. The van der Waals surface area contributed by atoms with Crippen LogP contribution in [0.2, 0.25) is 0 Å². The van der Waals surface area contributed by atoms with Gasteiger partial charge in [0, 0.05) is 11.5 Å². The second-order valence-corrected chi connectivity index (χ2v) is 5.30. The molecule has 0 aliphatic rings. The summed E-state index contributed by atoms with van der Waals surface area (Å²) in [5.41, 5.74) is 2.75.